The Labute approximate surface area is 125 Å². The molecule has 3 nitrogen and oxygen atoms in total. The zero-order chi connectivity index (χ0) is 14.5. The van der Waals surface area contributed by atoms with E-state index < -0.39 is 0 Å². The number of nitrogens with one attached hydrogen (secondary N) is 2. The Morgan fingerprint density at radius 1 is 1.14 bits per heavy atom. The van der Waals surface area contributed by atoms with Crippen molar-refractivity contribution in [1.82, 2.24) is 0 Å². The smallest absolute Gasteiger partial charge is 0.224 e. The SMILES string of the molecule is O=C(CCc1ccccc1)Nc1ccc2c(c1)CCCN2. The zero-order valence-corrected chi connectivity index (χ0v) is 12.1. The van der Waals surface area contributed by atoms with Crippen molar-refractivity contribution in [3.05, 3.63) is 59.7 Å². The molecule has 0 saturated carbocycles. The van der Waals surface area contributed by atoms with Gasteiger partial charge in [-0.2, -0.15) is 0 Å². The number of carbonyl (C=O) groups is 1. The van der Waals surface area contributed by atoms with Crippen LogP contribution in [0.25, 0.3) is 0 Å². The minimum atomic E-state index is 0.0718. The summed E-state index contributed by atoms with van der Waals surface area (Å²) in [6.07, 6.45) is 3.52. The first-order chi connectivity index (χ1) is 10.3. The molecule has 1 heterocycles. The Morgan fingerprint density at radius 3 is 2.86 bits per heavy atom. The van der Waals surface area contributed by atoms with Crippen LogP contribution in [0.3, 0.4) is 0 Å². The van der Waals surface area contributed by atoms with Crippen molar-refractivity contribution in [2.24, 2.45) is 0 Å². The van der Waals surface area contributed by atoms with Gasteiger partial charge in [-0.05, 0) is 48.6 Å². The Bertz CT molecular complexity index is 622. The Hall–Kier alpha value is -2.29. The number of carbonyl (C=O) groups excluding carboxylic acids is 1. The maximum Gasteiger partial charge on any atom is 0.224 e. The number of aryl methyl sites for hydroxylation is 2. The summed E-state index contributed by atoms with van der Waals surface area (Å²) in [7, 11) is 0. The van der Waals surface area contributed by atoms with Gasteiger partial charge in [-0.3, -0.25) is 4.79 Å². The molecule has 1 aliphatic heterocycles. The number of hydrogen-bond acceptors (Lipinski definition) is 2. The van der Waals surface area contributed by atoms with Crippen LogP contribution in [0.1, 0.15) is 24.0 Å². The van der Waals surface area contributed by atoms with Gasteiger partial charge < -0.3 is 10.6 Å². The zero-order valence-electron chi connectivity index (χ0n) is 12.1. The van der Waals surface area contributed by atoms with Gasteiger partial charge in [0, 0.05) is 24.3 Å². The van der Waals surface area contributed by atoms with Crippen LogP contribution in [0.15, 0.2) is 48.5 Å². The van der Waals surface area contributed by atoms with Crippen LogP contribution >= 0.6 is 0 Å². The van der Waals surface area contributed by atoms with Gasteiger partial charge in [0.15, 0.2) is 0 Å². The van der Waals surface area contributed by atoms with Gasteiger partial charge in [0.05, 0.1) is 0 Å². The molecule has 0 saturated heterocycles. The molecule has 0 fully saturated rings. The van der Waals surface area contributed by atoms with Crippen LogP contribution in [0.2, 0.25) is 0 Å². The van der Waals surface area contributed by atoms with Crippen LogP contribution in [-0.2, 0) is 17.6 Å². The van der Waals surface area contributed by atoms with Crippen molar-refractivity contribution < 1.29 is 4.79 Å². The lowest BCUT2D eigenvalue weighted by Crippen LogP contribution is -2.15. The largest absolute Gasteiger partial charge is 0.385 e. The fourth-order valence-corrected chi connectivity index (χ4v) is 2.68. The van der Waals surface area contributed by atoms with Crippen molar-refractivity contribution >= 4 is 17.3 Å². The van der Waals surface area contributed by atoms with Gasteiger partial charge in [0.25, 0.3) is 0 Å². The molecular weight excluding hydrogens is 260 g/mol. The van der Waals surface area contributed by atoms with E-state index in [9.17, 15) is 4.79 Å². The van der Waals surface area contributed by atoms with E-state index in [2.05, 4.69) is 34.9 Å². The quantitative estimate of drug-likeness (QED) is 0.898. The van der Waals surface area contributed by atoms with E-state index in [-0.39, 0.29) is 5.91 Å². The highest BCUT2D eigenvalue weighted by Gasteiger charge is 2.10. The third-order valence-corrected chi connectivity index (χ3v) is 3.81. The molecule has 0 bridgehead atoms. The van der Waals surface area contributed by atoms with Gasteiger partial charge in [0.2, 0.25) is 5.91 Å². The molecule has 0 aliphatic carbocycles. The third kappa shape index (κ3) is 3.63. The van der Waals surface area contributed by atoms with Crippen molar-refractivity contribution in [2.75, 3.05) is 17.2 Å². The molecule has 3 rings (SSSR count). The van der Waals surface area contributed by atoms with E-state index in [0.29, 0.717) is 6.42 Å². The second-order valence-electron chi connectivity index (χ2n) is 5.44. The summed E-state index contributed by atoms with van der Waals surface area (Å²) in [6.45, 7) is 1.04. The van der Waals surface area contributed by atoms with Gasteiger partial charge in [-0.15, -0.1) is 0 Å². The van der Waals surface area contributed by atoms with Crippen molar-refractivity contribution in [3.8, 4) is 0 Å². The summed E-state index contributed by atoms with van der Waals surface area (Å²) in [6, 6.07) is 16.2. The highest BCUT2D eigenvalue weighted by atomic mass is 16.1. The molecule has 3 heteroatoms. The first-order valence-corrected chi connectivity index (χ1v) is 7.52. The molecule has 2 aromatic carbocycles. The average molecular weight is 280 g/mol. The van der Waals surface area contributed by atoms with Crippen molar-refractivity contribution in [3.63, 3.8) is 0 Å². The monoisotopic (exact) mass is 280 g/mol. The Morgan fingerprint density at radius 2 is 2.00 bits per heavy atom. The summed E-state index contributed by atoms with van der Waals surface area (Å²) in [4.78, 5) is 12.0. The molecule has 1 aliphatic rings. The lowest BCUT2D eigenvalue weighted by molar-refractivity contribution is -0.116. The standard InChI is InChI=1S/C18H20N2O/c21-18(11-8-14-5-2-1-3-6-14)20-16-9-10-17-15(13-16)7-4-12-19-17/h1-3,5-6,9-10,13,19H,4,7-8,11-12H2,(H,20,21). The van der Waals surface area contributed by atoms with E-state index in [4.69, 9.17) is 0 Å². The normalized spacial score (nSPS) is 13.1. The van der Waals surface area contributed by atoms with E-state index in [1.54, 1.807) is 0 Å². The van der Waals surface area contributed by atoms with Crippen LogP contribution in [0.4, 0.5) is 11.4 Å². The predicted octanol–water partition coefficient (Wildman–Crippen LogP) is 3.62. The molecule has 0 atom stereocenters. The average Bonchev–Trinajstić information content (AvgIpc) is 2.54. The molecule has 0 aromatic heterocycles. The third-order valence-electron chi connectivity index (χ3n) is 3.81. The van der Waals surface area contributed by atoms with Gasteiger partial charge >= 0.3 is 0 Å². The molecule has 108 valence electrons. The minimum absolute atomic E-state index is 0.0718. The molecule has 21 heavy (non-hydrogen) atoms. The maximum atomic E-state index is 12.0. The summed E-state index contributed by atoms with van der Waals surface area (Å²) in [5, 5.41) is 6.37. The van der Waals surface area contributed by atoms with Crippen LogP contribution in [-0.4, -0.2) is 12.5 Å². The molecule has 2 N–H and O–H groups in total. The summed E-state index contributed by atoms with van der Waals surface area (Å²) < 4.78 is 0. The number of anilines is 2. The molecular formula is C18H20N2O. The lowest BCUT2D eigenvalue weighted by Gasteiger charge is -2.18. The van der Waals surface area contributed by atoms with Crippen LogP contribution < -0.4 is 10.6 Å². The van der Waals surface area contributed by atoms with Crippen molar-refractivity contribution in [1.29, 1.82) is 0 Å². The lowest BCUT2D eigenvalue weighted by atomic mass is 10.0. The van der Waals surface area contributed by atoms with Gasteiger partial charge in [0.1, 0.15) is 0 Å². The predicted molar refractivity (Wildman–Crippen MR) is 86.6 cm³/mol. The summed E-state index contributed by atoms with van der Waals surface area (Å²) >= 11 is 0. The summed E-state index contributed by atoms with van der Waals surface area (Å²) in [5.41, 5.74) is 4.59. The number of rotatable bonds is 4. The van der Waals surface area contributed by atoms with E-state index in [1.807, 2.05) is 24.3 Å². The molecule has 0 radical (unpaired) electrons. The van der Waals surface area contributed by atoms with Crippen LogP contribution in [0, 0.1) is 0 Å². The topological polar surface area (TPSA) is 41.1 Å². The van der Waals surface area contributed by atoms with E-state index in [1.165, 1.54) is 16.8 Å². The number of fused-ring (bicyclic) bond motifs is 1. The fraction of sp³-hybridized carbons (Fsp3) is 0.278. The number of benzene rings is 2. The highest BCUT2D eigenvalue weighted by molar-refractivity contribution is 5.91. The second-order valence-corrected chi connectivity index (χ2v) is 5.44. The minimum Gasteiger partial charge on any atom is -0.385 e. The van der Waals surface area contributed by atoms with Gasteiger partial charge in [-0.25, -0.2) is 0 Å². The Balaban J connectivity index is 1.57. The molecule has 0 unspecified atom stereocenters. The fourth-order valence-electron chi connectivity index (χ4n) is 2.68. The maximum absolute atomic E-state index is 12.0. The van der Waals surface area contributed by atoms with Crippen molar-refractivity contribution in [2.45, 2.75) is 25.7 Å². The molecule has 0 spiro atoms. The van der Waals surface area contributed by atoms with Crippen LogP contribution in [0.5, 0.6) is 0 Å². The molecule has 2 aromatic rings. The van der Waals surface area contributed by atoms with E-state index >= 15 is 0 Å². The van der Waals surface area contributed by atoms with E-state index in [0.717, 1.165) is 31.5 Å². The highest BCUT2D eigenvalue weighted by Crippen LogP contribution is 2.25. The second kappa shape index (κ2) is 6.44. The first kappa shape index (κ1) is 13.7. The molecule has 1 amide bonds. The number of amides is 1. The summed E-state index contributed by atoms with van der Waals surface area (Å²) in [5.74, 6) is 0.0718. The number of hydrogen-bond donors (Lipinski definition) is 2. The Kier molecular flexibility index (Phi) is 4.20. The van der Waals surface area contributed by atoms with Gasteiger partial charge in [-0.1, -0.05) is 30.3 Å². The first-order valence-electron chi connectivity index (χ1n) is 7.52.